The van der Waals surface area contributed by atoms with Crippen LogP contribution in [0.3, 0.4) is 0 Å². The molecule has 0 radical (unpaired) electrons. The number of anilines is 1. The van der Waals surface area contributed by atoms with Crippen LogP contribution in [0.2, 0.25) is 0 Å². The fourth-order valence-corrected chi connectivity index (χ4v) is 3.47. The van der Waals surface area contributed by atoms with Crippen LogP contribution in [0.25, 0.3) is 11.2 Å². The highest BCUT2D eigenvalue weighted by Gasteiger charge is 2.25. The number of nitrogens with one attached hydrogen (secondary N) is 1. The summed E-state index contributed by atoms with van der Waals surface area (Å²) >= 11 is 0. The first-order chi connectivity index (χ1) is 11.6. The zero-order valence-electron chi connectivity index (χ0n) is 13.9. The maximum Gasteiger partial charge on any atom is 0.327 e. The Labute approximate surface area is 139 Å². The van der Waals surface area contributed by atoms with Gasteiger partial charge in [-0.2, -0.15) is 0 Å². The van der Waals surface area contributed by atoms with Gasteiger partial charge in [0.25, 0.3) is 0 Å². The summed E-state index contributed by atoms with van der Waals surface area (Å²) in [6.45, 7) is 5.64. The van der Waals surface area contributed by atoms with Gasteiger partial charge >= 0.3 is 5.69 Å². The van der Waals surface area contributed by atoms with Crippen LogP contribution < -0.4 is 10.6 Å². The Balaban J connectivity index is 1.57. The van der Waals surface area contributed by atoms with E-state index >= 15 is 0 Å². The molecule has 0 bridgehead atoms. The molecule has 0 unspecified atom stereocenters. The van der Waals surface area contributed by atoms with Gasteiger partial charge in [-0.15, -0.1) is 0 Å². The van der Waals surface area contributed by atoms with E-state index in [4.69, 9.17) is 0 Å². The molecule has 7 nitrogen and oxygen atoms in total. The molecular formula is C17H20N6O. The topological polar surface area (TPSA) is 79.7 Å². The molecular weight excluding hydrogens is 304 g/mol. The summed E-state index contributed by atoms with van der Waals surface area (Å²) in [5.41, 5.74) is 3.42. The van der Waals surface area contributed by atoms with Crippen LogP contribution >= 0.6 is 0 Å². The third-order valence-corrected chi connectivity index (χ3v) is 4.56. The minimum absolute atomic E-state index is 0.0789. The number of imidazole rings is 1. The third-order valence-electron chi connectivity index (χ3n) is 4.56. The minimum Gasteiger partial charge on any atom is -0.341 e. The van der Waals surface area contributed by atoms with E-state index in [1.54, 1.807) is 10.8 Å². The molecule has 0 atom stereocenters. The summed E-state index contributed by atoms with van der Waals surface area (Å²) in [5, 5.41) is 0. The van der Waals surface area contributed by atoms with Gasteiger partial charge in [-0.05, 0) is 44.9 Å². The van der Waals surface area contributed by atoms with Crippen molar-refractivity contribution in [3.63, 3.8) is 0 Å². The quantitative estimate of drug-likeness (QED) is 0.779. The number of aryl methyl sites for hydroxylation is 2. The molecule has 4 rings (SSSR count). The monoisotopic (exact) mass is 324 g/mol. The number of aromatic nitrogens is 5. The van der Waals surface area contributed by atoms with Crippen molar-refractivity contribution in [2.75, 3.05) is 18.0 Å². The van der Waals surface area contributed by atoms with E-state index < -0.39 is 0 Å². The highest BCUT2D eigenvalue weighted by Crippen LogP contribution is 2.26. The van der Waals surface area contributed by atoms with Gasteiger partial charge < -0.3 is 9.88 Å². The van der Waals surface area contributed by atoms with Crippen LogP contribution in [0.4, 0.5) is 5.95 Å². The van der Waals surface area contributed by atoms with E-state index in [-0.39, 0.29) is 11.7 Å². The second-order valence-corrected chi connectivity index (χ2v) is 6.34. The Hall–Kier alpha value is -2.70. The number of fused-ring (bicyclic) bond motifs is 1. The smallest absolute Gasteiger partial charge is 0.327 e. The molecule has 1 fully saturated rings. The SMILES string of the molecule is Cc1cc(C)nc(N2CCC(n3c(=O)[nH]c4cccnc43)CC2)n1. The van der Waals surface area contributed by atoms with E-state index in [2.05, 4.69) is 24.8 Å². The van der Waals surface area contributed by atoms with Crippen LogP contribution in [0.5, 0.6) is 0 Å². The van der Waals surface area contributed by atoms with Crippen molar-refractivity contribution in [3.8, 4) is 0 Å². The Kier molecular flexibility index (Phi) is 3.55. The number of H-pyrrole nitrogens is 1. The van der Waals surface area contributed by atoms with Gasteiger partial charge in [0.15, 0.2) is 5.65 Å². The summed E-state index contributed by atoms with van der Waals surface area (Å²) in [5.74, 6) is 0.787. The lowest BCUT2D eigenvalue weighted by Gasteiger charge is -2.32. The highest BCUT2D eigenvalue weighted by atomic mass is 16.1. The third kappa shape index (κ3) is 2.55. The number of nitrogens with zero attached hydrogens (tertiary/aromatic N) is 5. The zero-order chi connectivity index (χ0) is 16.7. The first-order valence-corrected chi connectivity index (χ1v) is 8.24. The second-order valence-electron chi connectivity index (χ2n) is 6.34. The molecule has 4 heterocycles. The van der Waals surface area contributed by atoms with Crippen molar-refractivity contribution < 1.29 is 0 Å². The van der Waals surface area contributed by atoms with Gasteiger partial charge in [0.2, 0.25) is 5.95 Å². The molecule has 0 amide bonds. The van der Waals surface area contributed by atoms with Gasteiger partial charge in [-0.1, -0.05) is 0 Å². The number of piperidine rings is 1. The molecule has 3 aromatic rings. The lowest BCUT2D eigenvalue weighted by molar-refractivity contribution is 0.392. The number of hydrogen-bond donors (Lipinski definition) is 1. The van der Waals surface area contributed by atoms with Gasteiger partial charge in [0.1, 0.15) is 0 Å². The highest BCUT2D eigenvalue weighted by molar-refractivity contribution is 5.70. The van der Waals surface area contributed by atoms with E-state index in [1.807, 2.05) is 32.0 Å². The number of aromatic amines is 1. The van der Waals surface area contributed by atoms with Crippen molar-refractivity contribution in [1.82, 2.24) is 24.5 Å². The zero-order valence-corrected chi connectivity index (χ0v) is 13.9. The minimum atomic E-state index is -0.0789. The van der Waals surface area contributed by atoms with Crippen molar-refractivity contribution in [2.45, 2.75) is 32.7 Å². The maximum absolute atomic E-state index is 12.3. The van der Waals surface area contributed by atoms with E-state index in [0.717, 1.165) is 54.4 Å². The predicted octanol–water partition coefficient (Wildman–Crippen LogP) is 1.97. The number of rotatable bonds is 2. The second kappa shape index (κ2) is 5.74. The fourth-order valence-electron chi connectivity index (χ4n) is 3.47. The van der Waals surface area contributed by atoms with Crippen LogP contribution in [-0.2, 0) is 0 Å². The van der Waals surface area contributed by atoms with Crippen LogP contribution in [0, 0.1) is 13.8 Å². The molecule has 0 spiro atoms. The molecule has 0 aliphatic carbocycles. The Morgan fingerprint density at radius 1 is 1.17 bits per heavy atom. The van der Waals surface area contributed by atoms with Crippen molar-refractivity contribution >= 4 is 17.1 Å². The summed E-state index contributed by atoms with van der Waals surface area (Å²) in [4.78, 5) is 30.8. The summed E-state index contributed by atoms with van der Waals surface area (Å²) in [6.07, 6.45) is 3.48. The largest absolute Gasteiger partial charge is 0.341 e. The van der Waals surface area contributed by atoms with Crippen molar-refractivity contribution in [2.24, 2.45) is 0 Å². The first-order valence-electron chi connectivity index (χ1n) is 8.24. The van der Waals surface area contributed by atoms with Gasteiger partial charge in [-0.25, -0.2) is 19.7 Å². The van der Waals surface area contributed by atoms with Crippen molar-refractivity contribution in [1.29, 1.82) is 0 Å². The van der Waals surface area contributed by atoms with Crippen LogP contribution in [-0.4, -0.2) is 37.6 Å². The Bertz CT molecular complexity index is 915. The van der Waals surface area contributed by atoms with Gasteiger partial charge in [-0.3, -0.25) is 4.57 Å². The van der Waals surface area contributed by atoms with E-state index in [9.17, 15) is 4.79 Å². The fraction of sp³-hybridized carbons (Fsp3) is 0.412. The normalized spacial score (nSPS) is 16.0. The first kappa shape index (κ1) is 14.9. The molecule has 1 aliphatic heterocycles. The average molecular weight is 324 g/mol. The van der Waals surface area contributed by atoms with E-state index in [1.165, 1.54) is 0 Å². The Morgan fingerprint density at radius 3 is 2.58 bits per heavy atom. The molecule has 1 aliphatic rings. The number of hydrogen-bond acceptors (Lipinski definition) is 5. The van der Waals surface area contributed by atoms with Crippen LogP contribution in [0.1, 0.15) is 30.3 Å². The van der Waals surface area contributed by atoms with Crippen molar-refractivity contribution in [3.05, 3.63) is 46.3 Å². The summed E-state index contributed by atoms with van der Waals surface area (Å²) in [7, 11) is 0. The lowest BCUT2D eigenvalue weighted by atomic mass is 10.1. The Morgan fingerprint density at radius 2 is 1.88 bits per heavy atom. The number of pyridine rings is 1. The molecule has 1 saturated heterocycles. The summed E-state index contributed by atoms with van der Waals surface area (Å²) < 4.78 is 1.80. The molecule has 0 aromatic carbocycles. The molecule has 1 N–H and O–H groups in total. The average Bonchev–Trinajstić information content (AvgIpc) is 2.90. The van der Waals surface area contributed by atoms with Gasteiger partial charge in [0.05, 0.1) is 5.52 Å². The molecule has 7 heteroatoms. The standard InChI is InChI=1S/C17H20N6O/c1-11-10-12(2)20-16(19-11)22-8-5-13(6-9-22)23-15-14(21-17(23)24)4-3-7-18-15/h3-4,7,10,13H,5-6,8-9H2,1-2H3,(H,21,24). The molecule has 3 aromatic heterocycles. The molecule has 24 heavy (non-hydrogen) atoms. The maximum atomic E-state index is 12.3. The van der Waals surface area contributed by atoms with Crippen LogP contribution in [0.15, 0.2) is 29.2 Å². The molecule has 0 saturated carbocycles. The predicted molar refractivity (Wildman–Crippen MR) is 92.3 cm³/mol. The lowest BCUT2D eigenvalue weighted by Crippen LogP contribution is -2.38. The molecule has 124 valence electrons. The summed E-state index contributed by atoms with van der Waals surface area (Å²) in [6, 6.07) is 5.86. The van der Waals surface area contributed by atoms with Gasteiger partial charge in [0, 0.05) is 36.7 Å². The van der Waals surface area contributed by atoms with E-state index in [0.29, 0.717) is 0 Å².